The van der Waals surface area contributed by atoms with Crippen LogP contribution in [0, 0.1) is 0 Å². The molecule has 1 aromatic carbocycles. The molecule has 0 radical (unpaired) electrons. The van der Waals surface area contributed by atoms with E-state index in [-0.39, 0.29) is 5.78 Å². The van der Waals surface area contributed by atoms with Gasteiger partial charge in [-0.25, -0.2) is 9.78 Å². The van der Waals surface area contributed by atoms with Crippen LogP contribution in [0.3, 0.4) is 0 Å². The first kappa shape index (κ1) is 13.7. The van der Waals surface area contributed by atoms with Gasteiger partial charge in [0.05, 0.1) is 19.8 Å². The Balaban J connectivity index is 2.30. The molecule has 0 unspecified atom stereocenters. The minimum atomic E-state index is -0.479. The molecule has 1 heterocycles. The van der Waals surface area contributed by atoms with Crippen LogP contribution in [0.25, 0.3) is 0 Å². The SMILES string of the molecule is COC(=O)c1cccc(C(=O)c2ccc(OC)nc2)c1. The van der Waals surface area contributed by atoms with Crippen molar-refractivity contribution in [2.45, 2.75) is 0 Å². The molecule has 0 spiro atoms. The normalized spacial score (nSPS) is 9.90. The third kappa shape index (κ3) is 2.83. The molecule has 0 aliphatic rings. The van der Waals surface area contributed by atoms with Crippen molar-refractivity contribution in [2.75, 3.05) is 14.2 Å². The van der Waals surface area contributed by atoms with Gasteiger partial charge in [0, 0.05) is 23.4 Å². The number of carbonyl (C=O) groups excluding carboxylic acids is 2. The lowest BCUT2D eigenvalue weighted by Crippen LogP contribution is -2.06. The molecule has 5 nitrogen and oxygen atoms in total. The van der Waals surface area contributed by atoms with Crippen LogP contribution in [0.15, 0.2) is 42.6 Å². The van der Waals surface area contributed by atoms with Gasteiger partial charge in [0.1, 0.15) is 0 Å². The summed E-state index contributed by atoms with van der Waals surface area (Å²) in [6, 6.07) is 9.60. The fraction of sp³-hybridized carbons (Fsp3) is 0.133. The van der Waals surface area contributed by atoms with Gasteiger partial charge in [-0.1, -0.05) is 12.1 Å². The lowest BCUT2D eigenvalue weighted by atomic mass is 10.0. The van der Waals surface area contributed by atoms with Crippen LogP contribution in [0.1, 0.15) is 26.3 Å². The molecule has 0 N–H and O–H groups in total. The van der Waals surface area contributed by atoms with Gasteiger partial charge in [0.2, 0.25) is 5.88 Å². The standard InChI is InChI=1S/C15H13NO4/c1-19-13-7-6-12(9-16-13)14(17)10-4-3-5-11(8-10)15(18)20-2/h3-9H,1-2H3. The van der Waals surface area contributed by atoms with E-state index in [1.165, 1.54) is 26.5 Å². The number of aromatic nitrogens is 1. The quantitative estimate of drug-likeness (QED) is 0.629. The summed E-state index contributed by atoms with van der Waals surface area (Å²) in [5.74, 6) is -0.261. The first-order valence-corrected chi connectivity index (χ1v) is 5.89. The number of methoxy groups -OCH3 is 2. The van der Waals surface area contributed by atoms with E-state index in [2.05, 4.69) is 9.72 Å². The smallest absolute Gasteiger partial charge is 0.337 e. The summed E-state index contributed by atoms with van der Waals surface area (Å²) in [4.78, 5) is 27.7. The molecule has 0 saturated heterocycles. The zero-order valence-electron chi connectivity index (χ0n) is 11.1. The summed E-state index contributed by atoms with van der Waals surface area (Å²) in [7, 11) is 2.80. The highest BCUT2D eigenvalue weighted by Gasteiger charge is 2.13. The Morgan fingerprint density at radius 2 is 1.75 bits per heavy atom. The lowest BCUT2D eigenvalue weighted by Gasteiger charge is -2.04. The van der Waals surface area contributed by atoms with Crippen LogP contribution in [0.2, 0.25) is 0 Å². The fourth-order valence-corrected chi connectivity index (χ4v) is 1.71. The minimum absolute atomic E-state index is 0.217. The van der Waals surface area contributed by atoms with E-state index in [1.807, 2.05) is 0 Å². The summed E-state index contributed by atoms with van der Waals surface area (Å²) < 4.78 is 9.56. The highest BCUT2D eigenvalue weighted by molar-refractivity contribution is 6.09. The van der Waals surface area contributed by atoms with Crippen LogP contribution < -0.4 is 4.74 Å². The van der Waals surface area contributed by atoms with E-state index in [4.69, 9.17) is 4.74 Å². The summed E-state index contributed by atoms with van der Waals surface area (Å²) >= 11 is 0. The molecule has 2 rings (SSSR count). The number of hydrogen-bond donors (Lipinski definition) is 0. The molecule has 102 valence electrons. The third-order valence-corrected chi connectivity index (χ3v) is 2.75. The highest BCUT2D eigenvalue weighted by atomic mass is 16.5. The zero-order chi connectivity index (χ0) is 14.5. The van der Waals surface area contributed by atoms with Crippen LogP contribution >= 0.6 is 0 Å². The second-order valence-corrected chi connectivity index (χ2v) is 3.99. The number of nitrogens with zero attached hydrogens (tertiary/aromatic N) is 1. The van der Waals surface area contributed by atoms with E-state index < -0.39 is 5.97 Å². The van der Waals surface area contributed by atoms with Gasteiger partial charge in [-0.2, -0.15) is 0 Å². The number of ketones is 1. The number of hydrogen-bond acceptors (Lipinski definition) is 5. The molecular formula is C15H13NO4. The van der Waals surface area contributed by atoms with Crippen molar-refractivity contribution in [3.05, 3.63) is 59.3 Å². The second kappa shape index (κ2) is 5.97. The van der Waals surface area contributed by atoms with E-state index in [9.17, 15) is 9.59 Å². The van der Waals surface area contributed by atoms with Gasteiger partial charge in [0.25, 0.3) is 0 Å². The number of ether oxygens (including phenoxy) is 2. The Kier molecular flexibility index (Phi) is 4.10. The average molecular weight is 271 g/mol. The van der Waals surface area contributed by atoms with E-state index in [1.54, 1.807) is 30.3 Å². The lowest BCUT2D eigenvalue weighted by molar-refractivity contribution is 0.0600. The number of carbonyl (C=O) groups is 2. The van der Waals surface area contributed by atoms with Gasteiger partial charge in [-0.15, -0.1) is 0 Å². The van der Waals surface area contributed by atoms with Gasteiger partial charge < -0.3 is 9.47 Å². The van der Waals surface area contributed by atoms with Crippen molar-refractivity contribution in [2.24, 2.45) is 0 Å². The Morgan fingerprint density at radius 3 is 2.35 bits per heavy atom. The molecule has 0 aliphatic carbocycles. The number of benzene rings is 1. The van der Waals surface area contributed by atoms with Crippen molar-refractivity contribution < 1.29 is 19.1 Å². The van der Waals surface area contributed by atoms with Crippen LogP contribution in [0.4, 0.5) is 0 Å². The van der Waals surface area contributed by atoms with Crippen molar-refractivity contribution in [1.82, 2.24) is 4.98 Å². The fourth-order valence-electron chi connectivity index (χ4n) is 1.71. The van der Waals surface area contributed by atoms with Gasteiger partial charge >= 0.3 is 5.97 Å². The van der Waals surface area contributed by atoms with E-state index in [0.717, 1.165) is 0 Å². The largest absolute Gasteiger partial charge is 0.481 e. The molecule has 20 heavy (non-hydrogen) atoms. The first-order valence-electron chi connectivity index (χ1n) is 5.89. The summed E-state index contributed by atoms with van der Waals surface area (Å²) in [6.45, 7) is 0. The van der Waals surface area contributed by atoms with Crippen molar-refractivity contribution >= 4 is 11.8 Å². The Hall–Kier alpha value is -2.69. The maximum absolute atomic E-state index is 12.3. The molecule has 0 aliphatic heterocycles. The first-order chi connectivity index (χ1) is 9.65. The van der Waals surface area contributed by atoms with E-state index in [0.29, 0.717) is 22.6 Å². The Labute approximate surface area is 116 Å². The molecule has 0 saturated carbocycles. The number of esters is 1. The van der Waals surface area contributed by atoms with E-state index >= 15 is 0 Å². The Morgan fingerprint density at radius 1 is 1.00 bits per heavy atom. The maximum atomic E-state index is 12.3. The Bertz CT molecular complexity index is 635. The third-order valence-electron chi connectivity index (χ3n) is 2.75. The predicted octanol–water partition coefficient (Wildman–Crippen LogP) is 2.11. The summed E-state index contributed by atoms with van der Waals surface area (Å²) in [5, 5.41) is 0. The number of rotatable bonds is 4. The monoisotopic (exact) mass is 271 g/mol. The van der Waals surface area contributed by atoms with Gasteiger partial charge in [-0.05, 0) is 18.2 Å². The molecule has 2 aromatic rings. The second-order valence-electron chi connectivity index (χ2n) is 3.99. The molecular weight excluding hydrogens is 258 g/mol. The number of pyridine rings is 1. The van der Waals surface area contributed by atoms with Crippen LogP contribution in [-0.2, 0) is 4.74 Å². The summed E-state index contributed by atoms with van der Waals surface area (Å²) in [6.07, 6.45) is 1.44. The van der Waals surface area contributed by atoms with Gasteiger partial charge in [-0.3, -0.25) is 4.79 Å². The average Bonchev–Trinajstić information content (AvgIpc) is 2.53. The van der Waals surface area contributed by atoms with Gasteiger partial charge in [0.15, 0.2) is 5.78 Å². The summed E-state index contributed by atoms with van der Waals surface area (Å²) in [5.41, 5.74) is 1.16. The minimum Gasteiger partial charge on any atom is -0.481 e. The molecule has 0 bridgehead atoms. The topological polar surface area (TPSA) is 65.5 Å². The predicted molar refractivity (Wildman–Crippen MR) is 72.0 cm³/mol. The molecule has 0 amide bonds. The highest BCUT2D eigenvalue weighted by Crippen LogP contribution is 2.14. The van der Waals surface area contributed by atoms with Crippen LogP contribution in [-0.4, -0.2) is 31.0 Å². The van der Waals surface area contributed by atoms with Crippen molar-refractivity contribution in [3.8, 4) is 5.88 Å². The molecule has 5 heteroatoms. The van der Waals surface area contributed by atoms with Crippen molar-refractivity contribution in [1.29, 1.82) is 0 Å². The molecule has 0 fully saturated rings. The molecule has 1 aromatic heterocycles. The van der Waals surface area contributed by atoms with Crippen molar-refractivity contribution in [3.63, 3.8) is 0 Å². The molecule has 0 atom stereocenters. The van der Waals surface area contributed by atoms with Crippen LogP contribution in [0.5, 0.6) is 5.88 Å². The zero-order valence-corrected chi connectivity index (χ0v) is 11.1. The maximum Gasteiger partial charge on any atom is 0.337 e.